The van der Waals surface area contributed by atoms with Crippen LogP contribution in [0, 0.1) is 11.8 Å². The lowest BCUT2D eigenvalue weighted by molar-refractivity contribution is 0.110. The van der Waals surface area contributed by atoms with Gasteiger partial charge in [-0.1, -0.05) is 44.2 Å². The van der Waals surface area contributed by atoms with Gasteiger partial charge in [-0.15, -0.1) is 0 Å². The van der Waals surface area contributed by atoms with Crippen molar-refractivity contribution in [3.05, 3.63) is 35.9 Å². The zero-order chi connectivity index (χ0) is 13.5. The SMILES string of the molecule is CC(C)CNCC(COCC1CC1)c1ccccc1. The first-order valence-electron chi connectivity index (χ1n) is 7.59. The van der Waals surface area contributed by atoms with Gasteiger partial charge in [-0.2, -0.15) is 0 Å². The van der Waals surface area contributed by atoms with Gasteiger partial charge in [-0.3, -0.25) is 0 Å². The Kier molecular flexibility index (Phi) is 5.87. The van der Waals surface area contributed by atoms with Gasteiger partial charge in [0.1, 0.15) is 0 Å². The van der Waals surface area contributed by atoms with E-state index in [1.54, 1.807) is 0 Å². The van der Waals surface area contributed by atoms with Crippen LogP contribution in [0.3, 0.4) is 0 Å². The second-order valence-electron chi connectivity index (χ2n) is 6.14. The van der Waals surface area contributed by atoms with Crippen LogP contribution in [-0.4, -0.2) is 26.3 Å². The van der Waals surface area contributed by atoms with Crippen molar-refractivity contribution in [3.63, 3.8) is 0 Å². The zero-order valence-corrected chi connectivity index (χ0v) is 12.3. The normalized spacial score (nSPS) is 16.8. The maximum Gasteiger partial charge on any atom is 0.0547 e. The number of ether oxygens (including phenoxy) is 1. The van der Waals surface area contributed by atoms with E-state index in [4.69, 9.17) is 4.74 Å². The second kappa shape index (κ2) is 7.66. The first-order valence-corrected chi connectivity index (χ1v) is 7.59. The van der Waals surface area contributed by atoms with Crippen molar-refractivity contribution in [3.8, 4) is 0 Å². The molecular formula is C17H27NO. The van der Waals surface area contributed by atoms with Crippen molar-refractivity contribution in [2.45, 2.75) is 32.6 Å². The van der Waals surface area contributed by atoms with E-state index in [0.717, 1.165) is 32.2 Å². The molecule has 1 aliphatic rings. The van der Waals surface area contributed by atoms with Crippen LogP contribution in [0.5, 0.6) is 0 Å². The van der Waals surface area contributed by atoms with Crippen molar-refractivity contribution in [2.24, 2.45) is 11.8 Å². The lowest BCUT2D eigenvalue weighted by Crippen LogP contribution is -2.28. The molecule has 1 fully saturated rings. The van der Waals surface area contributed by atoms with Crippen LogP contribution < -0.4 is 5.32 Å². The summed E-state index contributed by atoms with van der Waals surface area (Å²) in [5.41, 5.74) is 1.38. The second-order valence-corrected chi connectivity index (χ2v) is 6.14. The topological polar surface area (TPSA) is 21.3 Å². The third-order valence-electron chi connectivity index (χ3n) is 3.58. The molecule has 1 saturated carbocycles. The summed E-state index contributed by atoms with van der Waals surface area (Å²) >= 11 is 0. The highest BCUT2D eigenvalue weighted by Gasteiger charge is 2.22. The van der Waals surface area contributed by atoms with E-state index in [2.05, 4.69) is 49.5 Å². The van der Waals surface area contributed by atoms with E-state index < -0.39 is 0 Å². The standard InChI is InChI=1S/C17H27NO/c1-14(2)10-18-11-17(13-19-12-15-8-9-15)16-6-4-3-5-7-16/h3-7,14-15,17-18H,8-13H2,1-2H3. The van der Waals surface area contributed by atoms with Crippen LogP contribution in [-0.2, 0) is 4.74 Å². The third kappa shape index (κ3) is 5.75. The van der Waals surface area contributed by atoms with Gasteiger partial charge in [-0.25, -0.2) is 0 Å². The predicted octanol–water partition coefficient (Wildman–Crippen LogP) is 3.44. The lowest BCUT2D eigenvalue weighted by Gasteiger charge is -2.19. The van der Waals surface area contributed by atoms with Crippen LogP contribution in [0.4, 0.5) is 0 Å². The molecule has 1 N–H and O–H groups in total. The Morgan fingerprint density at radius 2 is 1.89 bits per heavy atom. The van der Waals surface area contributed by atoms with Crippen molar-refractivity contribution in [1.29, 1.82) is 0 Å². The molecule has 0 bridgehead atoms. The first-order chi connectivity index (χ1) is 9.25. The molecule has 1 aliphatic carbocycles. The molecule has 106 valence electrons. The van der Waals surface area contributed by atoms with Crippen molar-refractivity contribution >= 4 is 0 Å². The fourth-order valence-corrected chi connectivity index (χ4v) is 2.21. The van der Waals surface area contributed by atoms with Crippen molar-refractivity contribution < 1.29 is 4.74 Å². The summed E-state index contributed by atoms with van der Waals surface area (Å²) in [7, 11) is 0. The monoisotopic (exact) mass is 261 g/mol. The van der Waals surface area contributed by atoms with Gasteiger partial charge in [0.05, 0.1) is 6.61 Å². The van der Waals surface area contributed by atoms with Gasteiger partial charge in [0.25, 0.3) is 0 Å². The summed E-state index contributed by atoms with van der Waals surface area (Å²) in [5, 5.41) is 3.56. The van der Waals surface area contributed by atoms with Gasteiger partial charge in [0.15, 0.2) is 0 Å². The minimum absolute atomic E-state index is 0.471. The van der Waals surface area contributed by atoms with Crippen molar-refractivity contribution in [2.75, 3.05) is 26.3 Å². The minimum atomic E-state index is 0.471. The third-order valence-corrected chi connectivity index (χ3v) is 3.58. The molecule has 0 amide bonds. The molecule has 0 radical (unpaired) electrons. The minimum Gasteiger partial charge on any atom is -0.380 e. The van der Waals surface area contributed by atoms with E-state index >= 15 is 0 Å². The number of hydrogen-bond donors (Lipinski definition) is 1. The van der Waals surface area contributed by atoms with Gasteiger partial charge in [-0.05, 0) is 36.8 Å². The van der Waals surface area contributed by atoms with Gasteiger partial charge < -0.3 is 10.1 Å². The molecule has 0 spiro atoms. The van der Waals surface area contributed by atoms with Crippen LogP contribution in [0.1, 0.15) is 38.2 Å². The Balaban J connectivity index is 1.80. The lowest BCUT2D eigenvalue weighted by atomic mass is 10.00. The molecule has 0 aromatic heterocycles. The van der Waals surface area contributed by atoms with Crippen LogP contribution in [0.2, 0.25) is 0 Å². The zero-order valence-electron chi connectivity index (χ0n) is 12.3. The number of rotatable bonds is 9. The first kappa shape index (κ1) is 14.5. The van der Waals surface area contributed by atoms with Crippen LogP contribution in [0.15, 0.2) is 30.3 Å². The van der Waals surface area contributed by atoms with Crippen LogP contribution in [0.25, 0.3) is 0 Å². The Bertz CT molecular complexity index is 338. The van der Waals surface area contributed by atoms with E-state index in [1.807, 2.05) is 0 Å². The summed E-state index contributed by atoms with van der Waals surface area (Å²) < 4.78 is 5.89. The molecular weight excluding hydrogens is 234 g/mol. The molecule has 0 saturated heterocycles. The van der Waals surface area contributed by atoms with Gasteiger partial charge in [0, 0.05) is 19.1 Å². The molecule has 0 aliphatic heterocycles. The number of benzene rings is 1. The fourth-order valence-electron chi connectivity index (χ4n) is 2.21. The van der Waals surface area contributed by atoms with E-state index in [-0.39, 0.29) is 0 Å². The quantitative estimate of drug-likeness (QED) is 0.735. The van der Waals surface area contributed by atoms with Gasteiger partial charge >= 0.3 is 0 Å². The molecule has 1 aromatic rings. The Morgan fingerprint density at radius 3 is 2.53 bits per heavy atom. The molecule has 1 aromatic carbocycles. The molecule has 1 atom stereocenters. The van der Waals surface area contributed by atoms with E-state index in [0.29, 0.717) is 11.8 Å². The summed E-state index contributed by atoms with van der Waals surface area (Å²) in [5.74, 6) is 2.02. The number of nitrogens with one attached hydrogen (secondary N) is 1. The summed E-state index contributed by atoms with van der Waals surface area (Å²) in [6.45, 7) is 8.36. The highest BCUT2D eigenvalue weighted by molar-refractivity contribution is 5.20. The average Bonchev–Trinajstić information content (AvgIpc) is 3.22. The Labute approximate surface area is 117 Å². The smallest absolute Gasteiger partial charge is 0.0547 e. The highest BCUT2D eigenvalue weighted by Crippen LogP contribution is 2.29. The molecule has 2 nitrogen and oxygen atoms in total. The van der Waals surface area contributed by atoms with E-state index in [9.17, 15) is 0 Å². The number of hydrogen-bond acceptors (Lipinski definition) is 2. The van der Waals surface area contributed by atoms with Crippen LogP contribution >= 0.6 is 0 Å². The van der Waals surface area contributed by atoms with Crippen molar-refractivity contribution in [1.82, 2.24) is 5.32 Å². The Hall–Kier alpha value is -0.860. The fraction of sp³-hybridized carbons (Fsp3) is 0.647. The molecule has 2 rings (SSSR count). The van der Waals surface area contributed by atoms with E-state index in [1.165, 1.54) is 18.4 Å². The predicted molar refractivity (Wildman–Crippen MR) is 80.4 cm³/mol. The molecule has 1 unspecified atom stereocenters. The molecule has 0 heterocycles. The Morgan fingerprint density at radius 1 is 1.16 bits per heavy atom. The summed E-state index contributed by atoms with van der Waals surface area (Å²) in [6, 6.07) is 10.7. The largest absolute Gasteiger partial charge is 0.380 e. The molecule has 2 heteroatoms. The average molecular weight is 261 g/mol. The highest BCUT2D eigenvalue weighted by atomic mass is 16.5. The van der Waals surface area contributed by atoms with Gasteiger partial charge in [0.2, 0.25) is 0 Å². The summed E-state index contributed by atoms with van der Waals surface area (Å²) in [4.78, 5) is 0. The summed E-state index contributed by atoms with van der Waals surface area (Å²) in [6.07, 6.45) is 2.73. The molecule has 19 heavy (non-hydrogen) atoms. The maximum absolute atomic E-state index is 5.89. The maximum atomic E-state index is 5.89.